The number of fused-ring (bicyclic) bond motifs is 1. The topological polar surface area (TPSA) is 57.2 Å². The number of amides is 1. The molecule has 1 fully saturated rings. The van der Waals surface area contributed by atoms with E-state index in [2.05, 4.69) is 6.07 Å². The summed E-state index contributed by atoms with van der Waals surface area (Å²) < 4.78 is 5.48. The van der Waals surface area contributed by atoms with Crippen molar-refractivity contribution in [1.82, 2.24) is 4.90 Å². The number of hydrogen-bond donors (Lipinski definition) is 0. The highest BCUT2D eigenvalue weighted by Crippen LogP contribution is 2.25. The van der Waals surface area contributed by atoms with E-state index in [4.69, 9.17) is 9.68 Å². The highest BCUT2D eigenvalue weighted by Gasteiger charge is 2.26. The first-order chi connectivity index (χ1) is 9.28. The smallest absolute Gasteiger partial charge is 0.222 e. The normalized spacial score (nSPS) is 19.6. The van der Waals surface area contributed by atoms with Gasteiger partial charge in [0.25, 0.3) is 0 Å². The number of nitrogens with zero attached hydrogens (tertiary/aromatic N) is 2. The third-order valence-corrected chi connectivity index (χ3v) is 3.61. The number of carbonyl (C=O) groups is 1. The SMILES string of the molecule is N#CC1CCC(=O)N(Cc2coc3ccccc23)C1. The average molecular weight is 254 g/mol. The van der Waals surface area contributed by atoms with Crippen molar-refractivity contribution in [1.29, 1.82) is 5.26 Å². The standard InChI is InChI=1S/C15H14N2O2/c16-7-11-5-6-15(18)17(8-11)9-12-10-19-14-4-2-1-3-13(12)14/h1-4,10-11H,5-6,8-9H2. The van der Waals surface area contributed by atoms with Crippen molar-refractivity contribution < 1.29 is 9.21 Å². The van der Waals surface area contributed by atoms with Gasteiger partial charge in [-0.15, -0.1) is 0 Å². The van der Waals surface area contributed by atoms with Crippen LogP contribution in [0.3, 0.4) is 0 Å². The molecule has 1 aliphatic heterocycles. The molecule has 0 saturated carbocycles. The van der Waals surface area contributed by atoms with Gasteiger partial charge in [0, 0.05) is 30.5 Å². The molecule has 3 rings (SSSR count). The van der Waals surface area contributed by atoms with Gasteiger partial charge < -0.3 is 9.32 Å². The fourth-order valence-corrected chi connectivity index (χ4v) is 2.53. The summed E-state index contributed by atoms with van der Waals surface area (Å²) in [6.45, 7) is 1.04. The largest absolute Gasteiger partial charge is 0.464 e. The predicted octanol–water partition coefficient (Wildman–Crippen LogP) is 2.69. The lowest BCUT2D eigenvalue weighted by Crippen LogP contribution is -2.38. The van der Waals surface area contributed by atoms with E-state index < -0.39 is 0 Å². The van der Waals surface area contributed by atoms with Gasteiger partial charge in [-0.3, -0.25) is 4.79 Å². The number of rotatable bonds is 2. The Morgan fingerprint density at radius 2 is 2.26 bits per heavy atom. The zero-order valence-electron chi connectivity index (χ0n) is 10.5. The van der Waals surface area contributed by atoms with Crippen LogP contribution >= 0.6 is 0 Å². The van der Waals surface area contributed by atoms with E-state index in [9.17, 15) is 4.79 Å². The Hall–Kier alpha value is -2.28. The van der Waals surface area contributed by atoms with Crippen molar-refractivity contribution in [2.24, 2.45) is 5.92 Å². The lowest BCUT2D eigenvalue weighted by atomic mass is 9.98. The van der Waals surface area contributed by atoms with Gasteiger partial charge >= 0.3 is 0 Å². The predicted molar refractivity (Wildman–Crippen MR) is 70.0 cm³/mol. The fourth-order valence-electron chi connectivity index (χ4n) is 2.53. The van der Waals surface area contributed by atoms with E-state index >= 15 is 0 Å². The molecule has 4 nitrogen and oxygen atoms in total. The van der Waals surface area contributed by atoms with Gasteiger partial charge in [0.15, 0.2) is 0 Å². The third-order valence-electron chi connectivity index (χ3n) is 3.61. The van der Waals surface area contributed by atoms with Crippen molar-refractivity contribution in [2.45, 2.75) is 19.4 Å². The molecule has 2 aromatic rings. The molecule has 1 aromatic carbocycles. The van der Waals surface area contributed by atoms with Crippen molar-refractivity contribution in [2.75, 3.05) is 6.54 Å². The average Bonchev–Trinajstić information content (AvgIpc) is 2.85. The summed E-state index contributed by atoms with van der Waals surface area (Å²) in [6, 6.07) is 10.0. The van der Waals surface area contributed by atoms with Crippen molar-refractivity contribution >= 4 is 16.9 Å². The number of benzene rings is 1. The highest BCUT2D eigenvalue weighted by molar-refractivity contribution is 5.82. The molecule has 1 unspecified atom stereocenters. The Labute approximate surface area is 111 Å². The van der Waals surface area contributed by atoms with Crippen LogP contribution in [0.2, 0.25) is 0 Å². The molecule has 2 heterocycles. The molecule has 1 amide bonds. The van der Waals surface area contributed by atoms with Crippen LogP contribution in [-0.2, 0) is 11.3 Å². The van der Waals surface area contributed by atoms with Gasteiger partial charge in [-0.2, -0.15) is 5.26 Å². The molecule has 1 aliphatic rings. The Bertz CT molecular complexity index is 653. The number of nitriles is 1. The lowest BCUT2D eigenvalue weighted by Gasteiger charge is -2.29. The van der Waals surface area contributed by atoms with Crippen LogP contribution in [0.15, 0.2) is 34.9 Å². The molecule has 0 spiro atoms. The van der Waals surface area contributed by atoms with Crippen LogP contribution in [0.1, 0.15) is 18.4 Å². The summed E-state index contributed by atoms with van der Waals surface area (Å²) in [7, 11) is 0. The number of carbonyl (C=O) groups excluding carboxylic acids is 1. The van der Waals surface area contributed by atoms with Crippen molar-refractivity contribution in [3.8, 4) is 6.07 Å². The molecule has 96 valence electrons. The first-order valence-corrected chi connectivity index (χ1v) is 6.40. The van der Waals surface area contributed by atoms with E-state index in [0.717, 1.165) is 16.5 Å². The van der Waals surface area contributed by atoms with E-state index in [1.54, 1.807) is 11.2 Å². The van der Waals surface area contributed by atoms with E-state index in [1.165, 1.54) is 0 Å². The van der Waals surface area contributed by atoms with Crippen LogP contribution in [0, 0.1) is 17.2 Å². The molecule has 1 aromatic heterocycles. The van der Waals surface area contributed by atoms with Gasteiger partial charge in [-0.25, -0.2) is 0 Å². The molecular weight excluding hydrogens is 240 g/mol. The molecule has 1 atom stereocenters. The van der Waals surface area contributed by atoms with Gasteiger partial charge in [0.1, 0.15) is 5.58 Å². The van der Waals surface area contributed by atoms with E-state index in [-0.39, 0.29) is 11.8 Å². The Morgan fingerprint density at radius 3 is 3.11 bits per heavy atom. The van der Waals surface area contributed by atoms with Crippen LogP contribution in [0.4, 0.5) is 0 Å². The number of piperidine rings is 1. The summed E-state index contributed by atoms with van der Waals surface area (Å²) in [5.41, 5.74) is 1.83. The van der Waals surface area contributed by atoms with Crippen molar-refractivity contribution in [3.05, 3.63) is 36.1 Å². The molecule has 0 bridgehead atoms. The van der Waals surface area contributed by atoms with Gasteiger partial charge in [-0.1, -0.05) is 18.2 Å². The minimum atomic E-state index is -0.0455. The van der Waals surface area contributed by atoms with Crippen LogP contribution < -0.4 is 0 Å². The first-order valence-electron chi connectivity index (χ1n) is 6.40. The Kier molecular flexibility index (Phi) is 2.96. The number of likely N-dealkylation sites (tertiary alicyclic amines) is 1. The lowest BCUT2D eigenvalue weighted by molar-refractivity contribution is -0.134. The maximum absolute atomic E-state index is 11.9. The minimum Gasteiger partial charge on any atom is -0.464 e. The second-order valence-electron chi connectivity index (χ2n) is 4.90. The molecule has 1 saturated heterocycles. The van der Waals surface area contributed by atoms with E-state index in [1.807, 2.05) is 24.3 Å². The third kappa shape index (κ3) is 2.19. The molecule has 0 N–H and O–H groups in total. The zero-order valence-corrected chi connectivity index (χ0v) is 10.5. The van der Waals surface area contributed by atoms with Gasteiger partial charge in [-0.05, 0) is 12.5 Å². The zero-order chi connectivity index (χ0) is 13.2. The van der Waals surface area contributed by atoms with Crippen molar-refractivity contribution in [3.63, 3.8) is 0 Å². The molecule has 19 heavy (non-hydrogen) atoms. The quantitative estimate of drug-likeness (QED) is 0.827. The molecular formula is C15H14N2O2. The minimum absolute atomic E-state index is 0.0455. The van der Waals surface area contributed by atoms with Gasteiger partial charge in [0.2, 0.25) is 5.91 Å². The second-order valence-corrected chi connectivity index (χ2v) is 4.90. The Morgan fingerprint density at radius 1 is 1.42 bits per heavy atom. The molecule has 0 aliphatic carbocycles. The second kappa shape index (κ2) is 4.77. The maximum Gasteiger partial charge on any atom is 0.222 e. The Balaban J connectivity index is 1.84. The number of para-hydroxylation sites is 1. The monoisotopic (exact) mass is 254 g/mol. The number of hydrogen-bond acceptors (Lipinski definition) is 3. The summed E-state index contributed by atoms with van der Waals surface area (Å²) >= 11 is 0. The van der Waals surface area contributed by atoms with Crippen LogP contribution in [0.25, 0.3) is 11.0 Å². The van der Waals surface area contributed by atoms with Gasteiger partial charge in [0.05, 0.1) is 18.3 Å². The van der Waals surface area contributed by atoms with Crippen LogP contribution in [-0.4, -0.2) is 17.4 Å². The molecule has 4 heteroatoms. The number of furan rings is 1. The first kappa shape index (κ1) is 11.8. The fraction of sp³-hybridized carbons (Fsp3) is 0.333. The summed E-state index contributed by atoms with van der Waals surface area (Å²) in [5.74, 6) is 0.0765. The highest BCUT2D eigenvalue weighted by atomic mass is 16.3. The van der Waals surface area contributed by atoms with E-state index in [0.29, 0.717) is 25.9 Å². The maximum atomic E-state index is 11.9. The van der Waals surface area contributed by atoms with Crippen LogP contribution in [0.5, 0.6) is 0 Å². The summed E-state index contributed by atoms with van der Waals surface area (Å²) in [4.78, 5) is 13.7. The summed E-state index contributed by atoms with van der Waals surface area (Å²) in [6.07, 6.45) is 2.85. The summed E-state index contributed by atoms with van der Waals surface area (Å²) in [5, 5.41) is 10.0. The molecule has 0 radical (unpaired) electrons.